The molecule has 0 fully saturated rings. The van der Waals surface area contributed by atoms with Crippen molar-refractivity contribution in [3.05, 3.63) is 71.7 Å². The van der Waals surface area contributed by atoms with E-state index < -0.39 is 24.6 Å². The number of para-hydroxylation sites is 1. The average molecular weight is 423 g/mol. The summed E-state index contributed by atoms with van der Waals surface area (Å²) in [4.78, 5) is 15.6. The first kappa shape index (κ1) is 22.6. The SMILES string of the molecule is CC(C)c1nc2ccccc2c(-c2ccc(F)cc2)c1C=C[C@@H](O)C[C@@H](O)CC(=O)O. The molecule has 0 bridgehead atoms. The number of aromatic nitrogens is 1. The Labute approximate surface area is 180 Å². The van der Waals surface area contributed by atoms with Crippen molar-refractivity contribution in [3.63, 3.8) is 0 Å². The lowest BCUT2D eigenvalue weighted by atomic mass is 9.90. The largest absolute Gasteiger partial charge is 0.481 e. The number of aliphatic hydroxyl groups is 2. The summed E-state index contributed by atoms with van der Waals surface area (Å²) >= 11 is 0. The maximum atomic E-state index is 13.6. The number of halogens is 1. The summed E-state index contributed by atoms with van der Waals surface area (Å²) in [6.45, 7) is 4.05. The Hall–Kier alpha value is -3.09. The zero-order chi connectivity index (χ0) is 22.5. The summed E-state index contributed by atoms with van der Waals surface area (Å²) in [6.07, 6.45) is 0.601. The van der Waals surface area contributed by atoms with E-state index in [-0.39, 0.29) is 18.2 Å². The Morgan fingerprint density at radius 1 is 1.10 bits per heavy atom. The number of hydrogen-bond donors (Lipinski definition) is 3. The van der Waals surface area contributed by atoms with Gasteiger partial charge in [-0.25, -0.2) is 4.39 Å². The minimum absolute atomic E-state index is 0.0817. The lowest BCUT2D eigenvalue weighted by molar-refractivity contribution is -0.139. The van der Waals surface area contributed by atoms with E-state index in [4.69, 9.17) is 10.1 Å². The molecule has 0 amide bonds. The van der Waals surface area contributed by atoms with Gasteiger partial charge >= 0.3 is 5.97 Å². The fourth-order valence-electron chi connectivity index (χ4n) is 3.63. The molecule has 0 radical (unpaired) electrons. The average Bonchev–Trinajstić information content (AvgIpc) is 2.71. The van der Waals surface area contributed by atoms with Crippen LogP contribution in [0, 0.1) is 5.82 Å². The molecular weight excluding hydrogens is 397 g/mol. The van der Waals surface area contributed by atoms with E-state index in [1.54, 1.807) is 18.2 Å². The molecule has 1 heterocycles. The van der Waals surface area contributed by atoms with Crippen molar-refractivity contribution in [3.8, 4) is 11.1 Å². The van der Waals surface area contributed by atoms with Gasteiger partial charge in [0, 0.05) is 22.9 Å². The van der Waals surface area contributed by atoms with Crippen molar-refractivity contribution in [1.82, 2.24) is 4.98 Å². The van der Waals surface area contributed by atoms with Gasteiger partial charge in [-0.05, 0) is 29.7 Å². The van der Waals surface area contributed by atoms with E-state index in [9.17, 15) is 19.4 Å². The van der Waals surface area contributed by atoms with Crippen LogP contribution in [0.4, 0.5) is 4.39 Å². The molecule has 0 aliphatic rings. The Morgan fingerprint density at radius 3 is 2.42 bits per heavy atom. The Morgan fingerprint density at radius 2 is 1.77 bits per heavy atom. The minimum atomic E-state index is -1.15. The quantitative estimate of drug-likeness (QED) is 0.486. The van der Waals surface area contributed by atoms with Crippen LogP contribution in [-0.4, -0.2) is 38.5 Å². The zero-order valence-corrected chi connectivity index (χ0v) is 17.5. The number of aliphatic hydroxyl groups excluding tert-OH is 2. The molecule has 1 aromatic heterocycles. The van der Waals surface area contributed by atoms with Gasteiger partial charge in [0.1, 0.15) is 5.82 Å². The van der Waals surface area contributed by atoms with E-state index in [1.807, 2.05) is 38.1 Å². The highest BCUT2D eigenvalue weighted by molar-refractivity contribution is 5.99. The van der Waals surface area contributed by atoms with Crippen molar-refractivity contribution in [2.24, 2.45) is 0 Å². The van der Waals surface area contributed by atoms with Gasteiger partial charge < -0.3 is 15.3 Å². The number of aliphatic carboxylic acids is 1. The Kier molecular flexibility index (Phi) is 7.15. The van der Waals surface area contributed by atoms with Crippen LogP contribution in [0.5, 0.6) is 0 Å². The molecule has 5 nitrogen and oxygen atoms in total. The molecule has 0 saturated carbocycles. The normalized spacial score (nSPS) is 13.7. The van der Waals surface area contributed by atoms with Crippen molar-refractivity contribution < 1.29 is 24.5 Å². The molecule has 3 aromatic rings. The van der Waals surface area contributed by atoms with Crippen LogP contribution in [0.1, 0.15) is 43.9 Å². The lowest BCUT2D eigenvalue weighted by Gasteiger charge is -2.18. The lowest BCUT2D eigenvalue weighted by Crippen LogP contribution is -2.19. The monoisotopic (exact) mass is 423 g/mol. The van der Waals surface area contributed by atoms with E-state index in [0.29, 0.717) is 0 Å². The first-order chi connectivity index (χ1) is 14.8. The molecule has 6 heteroatoms. The number of fused-ring (bicyclic) bond motifs is 1. The molecule has 0 saturated heterocycles. The van der Waals surface area contributed by atoms with Crippen LogP contribution in [-0.2, 0) is 4.79 Å². The highest BCUT2D eigenvalue weighted by Crippen LogP contribution is 2.36. The van der Waals surface area contributed by atoms with Crippen LogP contribution in [0.15, 0.2) is 54.6 Å². The number of pyridine rings is 1. The maximum absolute atomic E-state index is 13.6. The minimum Gasteiger partial charge on any atom is -0.481 e. The molecule has 3 N–H and O–H groups in total. The third kappa shape index (κ3) is 5.54. The molecule has 3 rings (SSSR count). The van der Waals surface area contributed by atoms with Crippen LogP contribution in [0.2, 0.25) is 0 Å². The van der Waals surface area contributed by atoms with Crippen LogP contribution in [0.3, 0.4) is 0 Å². The summed E-state index contributed by atoms with van der Waals surface area (Å²) in [5, 5.41) is 29.8. The molecular formula is C25H26FNO4. The second kappa shape index (κ2) is 9.81. The smallest absolute Gasteiger partial charge is 0.305 e. The van der Waals surface area contributed by atoms with Gasteiger partial charge in [-0.2, -0.15) is 0 Å². The summed E-state index contributed by atoms with van der Waals surface area (Å²) in [7, 11) is 0. The van der Waals surface area contributed by atoms with E-state index >= 15 is 0 Å². The van der Waals surface area contributed by atoms with E-state index in [0.717, 1.165) is 33.3 Å². The van der Waals surface area contributed by atoms with Gasteiger partial charge in [-0.1, -0.05) is 56.3 Å². The fraction of sp³-hybridized carbons (Fsp3) is 0.280. The molecule has 162 valence electrons. The van der Waals surface area contributed by atoms with Crippen molar-refractivity contribution >= 4 is 22.9 Å². The van der Waals surface area contributed by atoms with Gasteiger partial charge in [0.15, 0.2) is 0 Å². The second-order valence-corrected chi connectivity index (χ2v) is 7.88. The maximum Gasteiger partial charge on any atom is 0.305 e. The first-order valence-electron chi connectivity index (χ1n) is 10.2. The van der Waals surface area contributed by atoms with Gasteiger partial charge in [0.2, 0.25) is 0 Å². The van der Waals surface area contributed by atoms with Crippen molar-refractivity contribution in [1.29, 1.82) is 0 Å². The molecule has 0 aliphatic heterocycles. The topological polar surface area (TPSA) is 90.7 Å². The number of carboxylic acid groups (broad SMARTS) is 1. The summed E-state index contributed by atoms with van der Waals surface area (Å²) in [5.41, 5.74) is 4.14. The molecule has 0 unspecified atom stereocenters. The molecule has 0 aliphatic carbocycles. The van der Waals surface area contributed by atoms with E-state index in [2.05, 4.69) is 0 Å². The molecule has 0 spiro atoms. The van der Waals surface area contributed by atoms with E-state index in [1.165, 1.54) is 18.2 Å². The zero-order valence-electron chi connectivity index (χ0n) is 17.5. The van der Waals surface area contributed by atoms with Crippen LogP contribution in [0.25, 0.3) is 28.1 Å². The second-order valence-electron chi connectivity index (χ2n) is 7.88. The van der Waals surface area contributed by atoms with Crippen molar-refractivity contribution in [2.75, 3.05) is 0 Å². The third-order valence-corrected chi connectivity index (χ3v) is 5.05. The third-order valence-electron chi connectivity index (χ3n) is 5.05. The fourth-order valence-corrected chi connectivity index (χ4v) is 3.63. The van der Waals surface area contributed by atoms with Gasteiger partial charge in [0.25, 0.3) is 0 Å². The molecule has 31 heavy (non-hydrogen) atoms. The summed E-state index contributed by atoms with van der Waals surface area (Å²) < 4.78 is 13.6. The predicted octanol–water partition coefficient (Wildman–Crippen LogP) is 4.76. The number of hydrogen-bond acceptors (Lipinski definition) is 4. The number of rotatable bonds is 8. The van der Waals surface area contributed by atoms with Crippen molar-refractivity contribution in [2.45, 2.75) is 44.8 Å². The highest BCUT2D eigenvalue weighted by Gasteiger charge is 2.18. The van der Waals surface area contributed by atoms with Crippen LogP contribution < -0.4 is 0 Å². The Balaban J connectivity index is 2.12. The number of carboxylic acids is 1. The highest BCUT2D eigenvalue weighted by atomic mass is 19.1. The van der Waals surface area contributed by atoms with Crippen LogP contribution >= 0.6 is 0 Å². The molecule has 2 aromatic carbocycles. The standard InChI is InChI=1S/C25H26FNO4/c1-15(2)25-21(12-11-18(28)13-19(29)14-23(30)31)24(16-7-9-17(26)10-8-16)20-5-3-4-6-22(20)27-25/h3-12,15,18-19,28-29H,13-14H2,1-2H3,(H,30,31)/t18-,19-/m1/s1. The molecule has 2 atom stereocenters. The number of carbonyl (C=O) groups is 1. The van der Waals surface area contributed by atoms with Gasteiger partial charge in [-0.15, -0.1) is 0 Å². The Bertz CT molecular complexity index is 1090. The number of nitrogens with zero attached hydrogens (tertiary/aromatic N) is 1. The number of benzene rings is 2. The summed E-state index contributed by atoms with van der Waals surface area (Å²) in [6, 6.07) is 14.0. The van der Waals surface area contributed by atoms with Gasteiger partial charge in [-0.3, -0.25) is 9.78 Å². The first-order valence-corrected chi connectivity index (χ1v) is 10.2. The van der Waals surface area contributed by atoms with Gasteiger partial charge in [0.05, 0.1) is 29.8 Å². The predicted molar refractivity (Wildman–Crippen MR) is 119 cm³/mol. The summed E-state index contributed by atoms with van der Waals surface area (Å²) in [5.74, 6) is -1.37.